The standard InChI is InChI=1S/C15H20N2O4/c1-3-21-15(20)11-4-5-13(16-7-11)17-8-10(2)6-12(9-17)14(18)19/h4-5,7,10,12H,3,6,8-9H2,1-2H3,(H,18,19). The van der Waals surface area contributed by atoms with Crippen LogP contribution < -0.4 is 4.90 Å². The van der Waals surface area contributed by atoms with Gasteiger partial charge < -0.3 is 14.7 Å². The summed E-state index contributed by atoms with van der Waals surface area (Å²) in [6, 6.07) is 3.40. The summed E-state index contributed by atoms with van der Waals surface area (Å²) in [6.45, 7) is 5.33. The maximum absolute atomic E-state index is 11.6. The summed E-state index contributed by atoms with van der Waals surface area (Å²) in [5, 5.41) is 9.19. The van der Waals surface area contributed by atoms with Crippen molar-refractivity contribution in [2.45, 2.75) is 20.3 Å². The number of carboxylic acid groups (broad SMARTS) is 1. The third-order valence-electron chi connectivity index (χ3n) is 3.59. The van der Waals surface area contributed by atoms with E-state index in [1.54, 1.807) is 19.1 Å². The predicted molar refractivity (Wildman–Crippen MR) is 77.3 cm³/mol. The molecule has 0 aliphatic carbocycles. The van der Waals surface area contributed by atoms with Crippen LogP contribution in [0, 0.1) is 11.8 Å². The van der Waals surface area contributed by atoms with Gasteiger partial charge in [0.25, 0.3) is 0 Å². The van der Waals surface area contributed by atoms with Gasteiger partial charge in [0.1, 0.15) is 5.82 Å². The highest BCUT2D eigenvalue weighted by Crippen LogP contribution is 2.25. The van der Waals surface area contributed by atoms with Crippen LogP contribution in [-0.4, -0.2) is 41.7 Å². The van der Waals surface area contributed by atoms with E-state index in [0.717, 1.165) is 6.54 Å². The summed E-state index contributed by atoms with van der Waals surface area (Å²) in [5.41, 5.74) is 0.403. The first-order chi connectivity index (χ1) is 10.0. The summed E-state index contributed by atoms with van der Waals surface area (Å²) in [6.07, 6.45) is 2.16. The Hall–Kier alpha value is -2.11. The van der Waals surface area contributed by atoms with Crippen molar-refractivity contribution >= 4 is 17.8 Å². The number of pyridine rings is 1. The van der Waals surface area contributed by atoms with E-state index in [2.05, 4.69) is 4.98 Å². The third-order valence-corrected chi connectivity index (χ3v) is 3.59. The number of carboxylic acids is 1. The van der Waals surface area contributed by atoms with Gasteiger partial charge in [-0.3, -0.25) is 4.79 Å². The van der Waals surface area contributed by atoms with Gasteiger partial charge in [-0.1, -0.05) is 6.92 Å². The molecule has 0 spiro atoms. The molecule has 0 bridgehead atoms. The zero-order valence-corrected chi connectivity index (χ0v) is 12.3. The Bertz CT molecular complexity index is 515. The van der Waals surface area contributed by atoms with Gasteiger partial charge in [-0.25, -0.2) is 9.78 Å². The predicted octanol–water partition coefficient (Wildman–Crippen LogP) is 1.81. The molecule has 0 radical (unpaired) electrons. The van der Waals surface area contributed by atoms with Crippen molar-refractivity contribution in [3.05, 3.63) is 23.9 Å². The van der Waals surface area contributed by atoms with Gasteiger partial charge in [0.05, 0.1) is 18.1 Å². The molecule has 21 heavy (non-hydrogen) atoms. The van der Waals surface area contributed by atoms with Crippen LogP contribution >= 0.6 is 0 Å². The highest BCUT2D eigenvalue weighted by Gasteiger charge is 2.30. The fourth-order valence-corrected chi connectivity index (χ4v) is 2.63. The fourth-order valence-electron chi connectivity index (χ4n) is 2.63. The lowest BCUT2D eigenvalue weighted by atomic mass is 9.90. The lowest BCUT2D eigenvalue weighted by Gasteiger charge is -2.35. The molecule has 1 fully saturated rings. The number of esters is 1. The van der Waals surface area contributed by atoms with Crippen LogP contribution in [0.15, 0.2) is 18.3 Å². The summed E-state index contributed by atoms with van der Waals surface area (Å²) in [4.78, 5) is 29.0. The summed E-state index contributed by atoms with van der Waals surface area (Å²) in [5.74, 6) is -0.547. The number of aliphatic carboxylic acids is 1. The SMILES string of the molecule is CCOC(=O)c1ccc(N2CC(C)CC(C(=O)O)C2)nc1. The number of hydrogen-bond acceptors (Lipinski definition) is 5. The van der Waals surface area contributed by atoms with Gasteiger partial charge in [0.2, 0.25) is 0 Å². The normalized spacial score (nSPS) is 21.9. The lowest BCUT2D eigenvalue weighted by molar-refractivity contribution is -0.142. The molecule has 1 saturated heterocycles. The molecule has 6 nitrogen and oxygen atoms in total. The van der Waals surface area contributed by atoms with Crippen molar-refractivity contribution in [3.8, 4) is 0 Å². The number of anilines is 1. The fraction of sp³-hybridized carbons (Fsp3) is 0.533. The van der Waals surface area contributed by atoms with Crippen LogP contribution in [0.1, 0.15) is 30.6 Å². The highest BCUT2D eigenvalue weighted by molar-refractivity contribution is 5.89. The van der Waals surface area contributed by atoms with Gasteiger partial charge in [-0.15, -0.1) is 0 Å². The van der Waals surface area contributed by atoms with Crippen molar-refractivity contribution in [3.63, 3.8) is 0 Å². The number of aromatic nitrogens is 1. The van der Waals surface area contributed by atoms with E-state index in [-0.39, 0.29) is 5.92 Å². The molecule has 1 aliphatic heterocycles. The van der Waals surface area contributed by atoms with Crippen LogP contribution in [0.5, 0.6) is 0 Å². The highest BCUT2D eigenvalue weighted by atomic mass is 16.5. The second-order valence-corrected chi connectivity index (χ2v) is 5.41. The van der Waals surface area contributed by atoms with Gasteiger partial charge in [0, 0.05) is 19.3 Å². The van der Waals surface area contributed by atoms with Crippen LogP contribution in [0.3, 0.4) is 0 Å². The molecule has 6 heteroatoms. The average molecular weight is 292 g/mol. The number of carbonyl (C=O) groups excluding carboxylic acids is 1. The quantitative estimate of drug-likeness (QED) is 0.852. The van der Waals surface area contributed by atoms with Gasteiger partial charge in [-0.2, -0.15) is 0 Å². The second kappa shape index (κ2) is 6.56. The second-order valence-electron chi connectivity index (χ2n) is 5.41. The molecule has 0 saturated carbocycles. The molecule has 2 atom stereocenters. The van der Waals surface area contributed by atoms with Crippen LogP contribution in [0.2, 0.25) is 0 Å². The Morgan fingerprint density at radius 3 is 2.76 bits per heavy atom. The number of hydrogen-bond donors (Lipinski definition) is 1. The minimum atomic E-state index is -0.769. The first-order valence-electron chi connectivity index (χ1n) is 7.12. The molecule has 1 aliphatic rings. The number of ether oxygens (including phenoxy) is 1. The molecule has 114 valence electrons. The monoisotopic (exact) mass is 292 g/mol. The molecular formula is C15H20N2O4. The van der Waals surface area contributed by atoms with Gasteiger partial charge in [-0.05, 0) is 31.4 Å². The van der Waals surface area contributed by atoms with Crippen molar-refractivity contribution in [2.24, 2.45) is 11.8 Å². The summed E-state index contributed by atoms with van der Waals surface area (Å²) in [7, 11) is 0. The maximum Gasteiger partial charge on any atom is 0.339 e. The van der Waals surface area contributed by atoms with Crippen molar-refractivity contribution in [1.29, 1.82) is 0 Å². The molecule has 0 aromatic carbocycles. The van der Waals surface area contributed by atoms with Crippen LogP contribution in [-0.2, 0) is 9.53 Å². The molecule has 2 heterocycles. The van der Waals surface area contributed by atoms with Gasteiger partial charge in [0.15, 0.2) is 0 Å². The lowest BCUT2D eigenvalue weighted by Crippen LogP contribution is -2.42. The maximum atomic E-state index is 11.6. The Kier molecular flexibility index (Phi) is 4.77. The van der Waals surface area contributed by atoms with E-state index in [1.165, 1.54) is 6.20 Å². The first-order valence-corrected chi connectivity index (χ1v) is 7.12. The van der Waals surface area contributed by atoms with Gasteiger partial charge >= 0.3 is 11.9 Å². The van der Waals surface area contributed by atoms with E-state index < -0.39 is 11.9 Å². The van der Waals surface area contributed by atoms with Crippen molar-refractivity contribution < 1.29 is 19.4 Å². The van der Waals surface area contributed by atoms with Crippen molar-refractivity contribution in [2.75, 3.05) is 24.6 Å². The molecule has 0 amide bonds. The number of nitrogens with zero attached hydrogens (tertiary/aromatic N) is 2. The largest absolute Gasteiger partial charge is 0.481 e. The van der Waals surface area contributed by atoms with E-state index >= 15 is 0 Å². The minimum absolute atomic E-state index is 0.298. The number of rotatable bonds is 4. The zero-order valence-electron chi connectivity index (χ0n) is 12.3. The molecule has 2 unspecified atom stereocenters. The average Bonchev–Trinajstić information content (AvgIpc) is 2.47. The third kappa shape index (κ3) is 3.71. The minimum Gasteiger partial charge on any atom is -0.481 e. The Balaban J connectivity index is 2.10. The number of piperidine rings is 1. The zero-order chi connectivity index (χ0) is 15.4. The van der Waals surface area contributed by atoms with E-state index in [9.17, 15) is 14.7 Å². The summed E-state index contributed by atoms with van der Waals surface area (Å²) < 4.78 is 4.91. The molecule has 1 aromatic rings. The van der Waals surface area contributed by atoms with Crippen molar-refractivity contribution in [1.82, 2.24) is 4.98 Å². The Labute approximate surface area is 123 Å². The molecule has 1 N–H and O–H groups in total. The molecule has 1 aromatic heterocycles. The molecule has 2 rings (SSSR count). The Morgan fingerprint density at radius 2 is 2.19 bits per heavy atom. The number of carbonyl (C=O) groups is 2. The summed E-state index contributed by atoms with van der Waals surface area (Å²) >= 11 is 0. The smallest absolute Gasteiger partial charge is 0.339 e. The van der Waals surface area contributed by atoms with E-state index in [0.29, 0.717) is 36.9 Å². The Morgan fingerprint density at radius 1 is 1.43 bits per heavy atom. The van der Waals surface area contributed by atoms with Crippen LogP contribution in [0.4, 0.5) is 5.82 Å². The topological polar surface area (TPSA) is 79.7 Å². The molecular weight excluding hydrogens is 272 g/mol. The van der Waals surface area contributed by atoms with Crippen LogP contribution in [0.25, 0.3) is 0 Å². The van der Waals surface area contributed by atoms with E-state index in [4.69, 9.17) is 4.74 Å². The van der Waals surface area contributed by atoms with E-state index in [1.807, 2.05) is 11.8 Å². The first kappa shape index (κ1) is 15.3.